The van der Waals surface area contributed by atoms with Crippen molar-refractivity contribution in [2.24, 2.45) is 0 Å². The summed E-state index contributed by atoms with van der Waals surface area (Å²) in [5, 5.41) is 15.3. The zero-order chi connectivity index (χ0) is 20.9. The van der Waals surface area contributed by atoms with E-state index in [2.05, 4.69) is 20.0 Å². The lowest BCUT2D eigenvalue weighted by molar-refractivity contribution is -0.161. The average molecular weight is 418 g/mol. The number of hydrogen-bond donors (Lipinski definition) is 3. The number of H-pyrrole nitrogens is 1. The molecule has 0 bridgehead atoms. The van der Waals surface area contributed by atoms with E-state index in [-0.39, 0.29) is 5.82 Å². The van der Waals surface area contributed by atoms with Gasteiger partial charge in [-0.2, -0.15) is 0 Å². The van der Waals surface area contributed by atoms with Crippen molar-refractivity contribution in [3.63, 3.8) is 0 Å². The van der Waals surface area contributed by atoms with E-state index < -0.39 is 51.7 Å². The number of thioether (sulfide) groups is 1. The Kier molecular flexibility index (Phi) is 4.49. The number of carboxylic acids is 1. The number of hydrogen-bond acceptors (Lipinski definition) is 7. The second-order valence-electron chi connectivity index (χ2n) is 7.41. The van der Waals surface area contributed by atoms with Gasteiger partial charge in [-0.15, -0.1) is 11.8 Å². The Balaban J connectivity index is 1.59. The molecule has 0 spiro atoms. The van der Waals surface area contributed by atoms with Gasteiger partial charge in [0, 0.05) is 4.75 Å². The molecule has 152 valence electrons. The first-order valence-electron chi connectivity index (χ1n) is 8.84. The predicted octanol–water partition coefficient (Wildman–Crippen LogP) is 0.127. The third-order valence-electron chi connectivity index (χ3n) is 5.10. The Hall–Kier alpha value is -3.08. The van der Waals surface area contributed by atoms with Gasteiger partial charge in [0.2, 0.25) is 11.8 Å². The van der Waals surface area contributed by atoms with Crippen LogP contribution in [0.2, 0.25) is 0 Å². The molecule has 4 rings (SSSR count). The lowest BCUT2D eigenvalue weighted by atomic mass is 9.94. The van der Waals surface area contributed by atoms with Gasteiger partial charge in [-0.3, -0.25) is 19.1 Å². The maximum Gasteiger partial charge on any atom is 0.438 e. The van der Waals surface area contributed by atoms with E-state index in [9.17, 15) is 24.3 Å². The Morgan fingerprint density at radius 1 is 1.31 bits per heavy atom. The highest BCUT2D eigenvalue weighted by molar-refractivity contribution is 8.01. The van der Waals surface area contributed by atoms with Gasteiger partial charge in [-0.1, -0.05) is 35.5 Å². The van der Waals surface area contributed by atoms with Crippen molar-refractivity contribution in [3.05, 3.63) is 52.3 Å². The van der Waals surface area contributed by atoms with Crippen LogP contribution in [0.3, 0.4) is 0 Å². The van der Waals surface area contributed by atoms with E-state index in [0.717, 1.165) is 0 Å². The van der Waals surface area contributed by atoms with Crippen LogP contribution in [0.15, 0.2) is 39.6 Å². The Morgan fingerprint density at radius 2 is 2.00 bits per heavy atom. The number of aromatic nitrogens is 2. The third kappa shape index (κ3) is 3.11. The summed E-state index contributed by atoms with van der Waals surface area (Å²) in [5.41, 5.74) is 0.556. The minimum absolute atomic E-state index is 0.0187. The molecular weight excluding hydrogens is 400 g/mol. The number of fused-ring (bicyclic) bond motifs is 1. The molecule has 2 aliphatic rings. The molecule has 2 saturated heterocycles. The summed E-state index contributed by atoms with van der Waals surface area (Å²) in [6.45, 7) is 3.52. The smallest absolute Gasteiger partial charge is 0.438 e. The maximum absolute atomic E-state index is 13.1. The van der Waals surface area contributed by atoms with Crippen LogP contribution in [0.4, 0.5) is 0 Å². The van der Waals surface area contributed by atoms with Crippen molar-refractivity contribution in [2.45, 2.75) is 42.0 Å². The van der Waals surface area contributed by atoms with Crippen LogP contribution in [-0.4, -0.2) is 60.1 Å². The summed E-state index contributed by atoms with van der Waals surface area (Å²) >= 11 is 1.33. The predicted molar refractivity (Wildman–Crippen MR) is 101 cm³/mol. The summed E-state index contributed by atoms with van der Waals surface area (Å²) in [6.07, 6.45) is 0. The molecule has 10 nitrogen and oxygen atoms in total. The first kappa shape index (κ1) is 19.2. The molecule has 3 heterocycles. The molecule has 0 saturated carbocycles. The number of β-lactam (4-membered cyclic amide) rings is 1. The van der Waals surface area contributed by atoms with Crippen LogP contribution >= 0.6 is 11.8 Å². The Bertz CT molecular complexity index is 1030. The normalized spacial score (nSPS) is 25.8. The first-order chi connectivity index (χ1) is 13.7. The third-order valence-corrected chi connectivity index (χ3v) is 6.67. The van der Waals surface area contributed by atoms with E-state index in [1.54, 1.807) is 44.2 Å². The van der Waals surface area contributed by atoms with Gasteiger partial charge in [0.25, 0.3) is 0 Å². The van der Waals surface area contributed by atoms with E-state index >= 15 is 0 Å². The number of rotatable bonds is 5. The molecule has 3 N–H and O–H groups in total. The van der Waals surface area contributed by atoms with Crippen molar-refractivity contribution < 1.29 is 24.0 Å². The van der Waals surface area contributed by atoms with E-state index in [0.29, 0.717) is 5.56 Å². The number of aliphatic carboxylic acids is 1. The minimum atomic E-state index is -1.08. The lowest BCUT2D eigenvalue weighted by Gasteiger charge is -2.43. The largest absolute Gasteiger partial charge is 0.480 e. The number of aromatic amines is 1. The molecule has 3 unspecified atom stereocenters. The zero-order valence-corrected chi connectivity index (χ0v) is 16.3. The van der Waals surface area contributed by atoms with Gasteiger partial charge in [0.05, 0.1) is 0 Å². The highest BCUT2D eigenvalue weighted by Gasteiger charge is 2.64. The van der Waals surface area contributed by atoms with Gasteiger partial charge in [0.15, 0.2) is 5.82 Å². The fraction of sp³-hybridized carbons (Fsp3) is 0.389. The summed E-state index contributed by atoms with van der Waals surface area (Å²) < 4.78 is 3.84. The van der Waals surface area contributed by atoms with Gasteiger partial charge >= 0.3 is 11.7 Å². The van der Waals surface area contributed by atoms with E-state index in [1.165, 1.54) is 16.7 Å². The van der Waals surface area contributed by atoms with Gasteiger partial charge in [0.1, 0.15) is 23.4 Å². The lowest BCUT2D eigenvalue weighted by Crippen LogP contribution is -2.70. The number of nitrogens with zero attached hydrogens (tertiary/aromatic N) is 2. The van der Waals surface area contributed by atoms with Crippen molar-refractivity contribution in [1.82, 2.24) is 20.4 Å². The molecule has 2 amide bonds. The molecule has 1 aromatic carbocycles. The second-order valence-corrected chi connectivity index (χ2v) is 9.18. The summed E-state index contributed by atoms with van der Waals surface area (Å²) in [4.78, 5) is 52.4. The van der Waals surface area contributed by atoms with Crippen LogP contribution in [0, 0.1) is 0 Å². The molecule has 2 aromatic rings. The summed E-state index contributed by atoms with van der Waals surface area (Å²) in [7, 11) is 0. The van der Waals surface area contributed by atoms with Crippen LogP contribution in [0.1, 0.15) is 31.2 Å². The summed E-state index contributed by atoms with van der Waals surface area (Å²) in [5.74, 6) is -3.84. The first-order valence-corrected chi connectivity index (χ1v) is 9.72. The summed E-state index contributed by atoms with van der Waals surface area (Å²) in [6, 6.07) is 6.81. The van der Waals surface area contributed by atoms with E-state index in [1.807, 2.05) is 0 Å². The average Bonchev–Trinajstić information content (AvgIpc) is 3.19. The van der Waals surface area contributed by atoms with Crippen molar-refractivity contribution in [3.8, 4) is 0 Å². The van der Waals surface area contributed by atoms with Crippen molar-refractivity contribution in [2.75, 3.05) is 0 Å². The molecule has 11 heteroatoms. The highest BCUT2D eigenvalue weighted by atomic mass is 32.2. The van der Waals surface area contributed by atoms with Crippen LogP contribution in [0.25, 0.3) is 0 Å². The number of amides is 2. The van der Waals surface area contributed by atoms with Crippen LogP contribution in [0.5, 0.6) is 0 Å². The molecule has 2 fully saturated rings. The molecule has 1 aromatic heterocycles. The molecule has 0 radical (unpaired) electrons. The standard InChI is InChI=1S/C18H18N4O6S/c1-18(2)11(16(25)26)22-14(24)10(15(22)29-18)19-13(23)9(8-6-4-3-5-7-8)12-20-17(27)28-21-12/h3-7,9-11,15H,1-2H3,(H,19,23)(H,25,26)(H,20,21,27)/t9?,10-,11?,15?/m1/s1. The molecule has 4 atom stereocenters. The molecule has 2 aliphatic heterocycles. The number of benzene rings is 1. The van der Waals surface area contributed by atoms with Crippen molar-refractivity contribution >= 4 is 29.5 Å². The quantitative estimate of drug-likeness (QED) is 0.581. The monoisotopic (exact) mass is 418 g/mol. The van der Waals surface area contributed by atoms with E-state index in [4.69, 9.17) is 0 Å². The Labute approximate surface area is 168 Å². The highest BCUT2D eigenvalue weighted by Crippen LogP contribution is 2.50. The number of carboxylic acid groups (broad SMARTS) is 1. The zero-order valence-electron chi connectivity index (χ0n) is 15.5. The minimum Gasteiger partial charge on any atom is -0.480 e. The molecular formula is C18H18N4O6S. The molecule has 0 aliphatic carbocycles. The van der Waals surface area contributed by atoms with Crippen LogP contribution < -0.4 is 11.1 Å². The second kappa shape index (κ2) is 6.76. The maximum atomic E-state index is 13.1. The number of carbonyl (C=O) groups excluding carboxylic acids is 2. The van der Waals surface area contributed by atoms with Gasteiger partial charge in [-0.05, 0) is 19.4 Å². The topological polar surface area (TPSA) is 146 Å². The Morgan fingerprint density at radius 3 is 2.59 bits per heavy atom. The fourth-order valence-electron chi connectivity index (χ4n) is 3.83. The number of nitrogens with one attached hydrogen (secondary N) is 2. The SMILES string of the molecule is CC1(C)SC2[C@H](NC(=O)C(c3ccccc3)c3noc(=O)[nH]3)C(=O)N2C1C(=O)O. The van der Waals surface area contributed by atoms with Gasteiger partial charge < -0.3 is 15.3 Å². The van der Waals surface area contributed by atoms with Crippen LogP contribution in [-0.2, 0) is 14.4 Å². The fourth-order valence-corrected chi connectivity index (χ4v) is 5.45. The van der Waals surface area contributed by atoms with Crippen molar-refractivity contribution in [1.29, 1.82) is 0 Å². The van der Waals surface area contributed by atoms with Gasteiger partial charge in [-0.25, -0.2) is 9.59 Å². The number of carbonyl (C=O) groups is 3. The molecule has 29 heavy (non-hydrogen) atoms.